The van der Waals surface area contributed by atoms with E-state index in [2.05, 4.69) is 11.1 Å². The van der Waals surface area contributed by atoms with Crippen molar-refractivity contribution >= 4 is 22.9 Å². The molecule has 0 radical (unpaired) electrons. The van der Waals surface area contributed by atoms with Crippen molar-refractivity contribution in [3.63, 3.8) is 0 Å². The van der Waals surface area contributed by atoms with Crippen LogP contribution in [-0.2, 0) is 16.1 Å². The van der Waals surface area contributed by atoms with Crippen LogP contribution in [0.3, 0.4) is 0 Å². The molecule has 0 aliphatic carbocycles. The number of carbonyl (C=O) groups is 1. The van der Waals surface area contributed by atoms with Crippen molar-refractivity contribution in [2.24, 2.45) is 4.99 Å². The molecule has 2 aliphatic heterocycles. The second-order valence-corrected chi connectivity index (χ2v) is 8.40. The van der Waals surface area contributed by atoms with Gasteiger partial charge in [0.25, 0.3) is 0 Å². The first kappa shape index (κ1) is 23.5. The lowest BCUT2D eigenvalue weighted by Crippen LogP contribution is -2.34. The third-order valence-corrected chi connectivity index (χ3v) is 6.19. The number of amidine groups is 1. The monoisotopic (exact) mass is 475 g/mol. The zero-order valence-electron chi connectivity index (χ0n) is 19.3. The van der Waals surface area contributed by atoms with Gasteiger partial charge in [0.05, 0.1) is 42.2 Å². The van der Waals surface area contributed by atoms with E-state index >= 15 is 0 Å². The van der Waals surface area contributed by atoms with E-state index in [1.807, 2.05) is 66.8 Å². The molecule has 0 saturated carbocycles. The standard InChI is InChI=1S/C26H25N3O4S/c1-4-31-22-14-18(10-11-21(22)33-16-20-9-7-6-8-19(20)15-27)24-23(25(30)32-5-2)17(3)28-26-29(24)12-13-34-26/h6-14,24H,4-5,16H2,1-3H3/t24-/m1/s1. The molecule has 0 bridgehead atoms. The van der Waals surface area contributed by atoms with E-state index in [9.17, 15) is 10.1 Å². The molecule has 1 atom stereocenters. The van der Waals surface area contributed by atoms with E-state index in [0.29, 0.717) is 34.9 Å². The van der Waals surface area contributed by atoms with E-state index in [1.54, 1.807) is 13.0 Å². The molecule has 2 aliphatic rings. The van der Waals surface area contributed by atoms with Gasteiger partial charge >= 0.3 is 5.97 Å². The van der Waals surface area contributed by atoms with Crippen molar-refractivity contribution < 1.29 is 19.0 Å². The molecule has 0 aromatic heterocycles. The Morgan fingerprint density at radius 1 is 1.15 bits per heavy atom. The molecule has 7 nitrogen and oxygen atoms in total. The minimum absolute atomic E-state index is 0.238. The number of rotatable bonds is 8. The molecule has 2 aromatic carbocycles. The SMILES string of the molecule is CCOC(=O)C1=C(C)N=C2SC=CN2[C@@H]1c1ccc(OCc2ccccc2C#N)c(OCC)c1. The molecule has 174 valence electrons. The molecule has 0 saturated heterocycles. The van der Waals surface area contributed by atoms with Crippen LogP contribution >= 0.6 is 11.8 Å². The van der Waals surface area contributed by atoms with Crippen molar-refractivity contribution in [2.75, 3.05) is 13.2 Å². The van der Waals surface area contributed by atoms with Crippen LogP contribution in [0, 0.1) is 11.3 Å². The maximum Gasteiger partial charge on any atom is 0.338 e. The molecule has 0 spiro atoms. The summed E-state index contributed by atoms with van der Waals surface area (Å²) in [5.41, 5.74) is 3.36. The first-order valence-corrected chi connectivity index (χ1v) is 11.9. The summed E-state index contributed by atoms with van der Waals surface area (Å²) in [6, 6.07) is 14.8. The normalized spacial score (nSPS) is 16.6. The Hall–Kier alpha value is -3.70. The van der Waals surface area contributed by atoms with Gasteiger partial charge in [0.15, 0.2) is 16.7 Å². The first-order chi connectivity index (χ1) is 16.6. The van der Waals surface area contributed by atoms with Gasteiger partial charge in [0, 0.05) is 11.8 Å². The molecule has 4 rings (SSSR count). The fourth-order valence-corrected chi connectivity index (χ4v) is 4.68. The quantitative estimate of drug-likeness (QED) is 0.479. The van der Waals surface area contributed by atoms with Crippen LogP contribution in [0.15, 0.2) is 70.3 Å². The van der Waals surface area contributed by atoms with Crippen LogP contribution in [0.4, 0.5) is 0 Å². The number of benzene rings is 2. The van der Waals surface area contributed by atoms with Gasteiger partial charge in [0.1, 0.15) is 6.61 Å². The van der Waals surface area contributed by atoms with Gasteiger partial charge in [-0.05, 0) is 49.9 Å². The molecule has 0 fully saturated rings. The Balaban J connectivity index is 1.69. The van der Waals surface area contributed by atoms with Crippen molar-refractivity contribution in [2.45, 2.75) is 33.4 Å². The van der Waals surface area contributed by atoms with Crippen LogP contribution in [0.5, 0.6) is 11.5 Å². The minimum Gasteiger partial charge on any atom is -0.490 e. The molecule has 0 N–H and O–H groups in total. The van der Waals surface area contributed by atoms with Crippen molar-refractivity contribution in [3.8, 4) is 17.6 Å². The van der Waals surface area contributed by atoms with E-state index < -0.39 is 6.04 Å². The third-order valence-electron chi connectivity index (χ3n) is 5.42. The number of thioether (sulfide) groups is 1. The summed E-state index contributed by atoms with van der Waals surface area (Å²) in [4.78, 5) is 19.5. The number of allylic oxidation sites excluding steroid dienone is 1. The molecular formula is C26H25N3O4S. The summed E-state index contributed by atoms with van der Waals surface area (Å²) in [6.45, 7) is 6.49. The van der Waals surface area contributed by atoms with Gasteiger partial charge in [-0.15, -0.1) is 0 Å². The number of hydrogen-bond donors (Lipinski definition) is 0. The maximum absolute atomic E-state index is 12.9. The fraction of sp³-hybridized carbons (Fsp3) is 0.269. The predicted molar refractivity (Wildman–Crippen MR) is 131 cm³/mol. The summed E-state index contributed by atoms with van der Waals surface area (Å²) < 4.78 is 17.3. The molecule has 0 amide bonds. The highest BCUT2D eigenvalue weighted by Gasteiger charge is 2.37. The molecular weight excluding hydrogens is 450 g/mol. The second-order valence-electron chi connectivity index (χ2n) is 7.52. The number of ether oxygens (including phenoxy) is 3. The van der Waals surface area contributed by atoms with E-state index in [1.165, 1.54) is 11.8 Å². The highest BCUT2D eigenvalue weighted by atomic mass is 32.2. The number of esters is 1. The second kappa shape index (κ2) is 10.5. The Morgan fingerprint density at radius 3 is 2.74 bits per heavy atom. The summed E-state index contributed by atoms with van der Waals surface area (Å²) in [7, 11) is 0. The van der Waals surface area contributed by atoms with Gasteiger partial charge in [-0.1, -0.05) is 36.0 Å². The van der Waals surface area contributed by atoms with Crippen LogP contribution < -0.4 is 9.47 Å². The van der Waals surface area contributed by atoms with Gasteiger partial charge < -0.3 is 19.1 Å². The zero-order chi connectivity index (χ0) is 24.1. The summed E-state index contributed by atoms with van der Waals surface area (Å²) in [5, 5.41) is 12.1. The number of aliphatic imine (C=N–C) groups is 1. The number of fused-ring (bicyclic) bond motifs is 1. The summed E-state index contributed by atoms with van der Waals surface area (Å²) in [5.74, 6) is 0.743. The Labute approximate surface area is 203 Å². The van der Waals surface area contributed by atoms with E-state index in [4.69, 9.17) is 14.2 Å². The maximum atomic E-state index is 12.9. The van der Waals surface area contributed by atoms with E-state index in [0.717, 1.165) is 16.3 Å². The lowest BCUT2D eigenvalue weighted by Gasteiger charge is -2.33. The molecule has 8 heteroatoms. The van der Waals surface area contributed by atoms with Crippen LogP contribution in [-0.4, -0.2) is 29.3 Å². The van der Waals surface area contributed by atoms with Gasteiger partial charge in [-0.2, -0.15) is 5.26 Å². The Kier molecular flexibility index (Phi) is 7.24. The Bertz CT molecular complexity index is 1230. The smallest absolute Gasteiger partial charge is 0.338 e. The number of nitriles is 1. The molecule has 0 unspecified atom stereocenters. The highest BCUT2D eigenvalue weighted by Crippen LogP contribution is 2.43. The lowest BCUT2D eigenvalue weighted by atomic mass is 9.94. The van der Waals surface area contributed by atoms with Gasteiger partial charge in [0.2, 0.25) is 0 Å². The van der Waals surface area contributed by atoms with Gasteiger partial charge in [-0.3, -0.25) is 0 Å². The zero-order valence-corrected chi connectivity index (χ0v) is 20.1. The van der Waals surface area contributed by atoms with Crippen molar-refractivity contribution in [1.82, 2.24) is 4.90 Å². The van der Waals surface area contributed by atoms with Crippen LogP contribution in [0.1, 0.15) is 43.5 Å². The van der Waals surface area contributed by atoms with E-state index in [-0.39, 0.29) is 19.2 Å². The largest absolute Gasteiger partial charge is 0.490 e. The third kappa shape index (κ3) is 4.66. The van der Waals surface area contributed by atoms with Crippen molar-refractivity contribution in [3.05, 3.63) is 82.0 Å². The fourth-order valence-electron chi connectivity index (χ4n) is 3.89. The molecule has 2 heterocycles. The van der Waals surface area contributed by atoms with Gasteiger partial charge in [-0.25, -0.2) is 9.79 Å². The summed E-state index contributed by atoms with van der Waals surface area (Å²) in [6.07, 6.45) is 1.92. The first-order valence-electron chi connectivity index (χ1n) is 11.0. The topological polar surface area (TPSA) is 84.1 Å². The number of hydrogen-bond acceptors (Lipinski definition) is 8. The van der Waals surface area contributed by atoms with Crippen molar-refractivity contribution in [1.29, 1.82) is 5.26 Å². The minimum atomic E-state index is -0.398. The summed E-state index contributed by atoms with van der Waals surface area (Å²) >= 11 is 1.51. The van der Waals surface area contributed by atoms with Crippen LogP contribution in [0.2, 0.25) is 0 Å². The average molecular weight is 476 g/mol. The van der Waals surface area contributed by atoms with Crippen LogP contribution in [0.25, 0.3) is 0 Å². The average Bonchev–Trinajstić information content (AvgIpc) is 3.31. The molecule has 2 aromatic rings. The predicted octanol–water partition coefficient (Wildman–Crippen LogP) is 5.30. The lowest BCUT2D eigenvalue weighted by molar-refractivity contribution is -0.139. The molecule has 34 heavy (non-hydrogen) atoms. The number of carbonyl (C=O) groups excluding carboxylic acids is 1. The highest BCUT2D eigenvalue weighted by molar-refractivity contribution is 8.16. The Morgan fingerprint density at radius 2 is 1.97 bits per heavy atom. The number of nitrogens with zero attached hydrogens (tertiary/aromatic N) is 3.